The van der Waals surface area contributed by atoms with E-state index in [1.807, 2.05) is 62.4 Å². The predicted octanol–water partition coefficient (Wildman–Crippen LogP) is 5.49. The number of nitriles is 1. The van der Waals surface area contributed by atoms with Crippen molar-refractivity contribution < 1.29 is 38.9 Å². The average Bonchev–Trinajstić information content (AvgIpc) is 3.95. The molecule has 2 saturated heterocycles. The molecule has 1 unspecified atom stereocenters. The molecule has 1 aliphatic carbocycles. The second-order valence-corrected chi connectivity index (χ2v) is 21.7. The van der Waals surface area contributed by atoms with Gasteiger partial charge in [-0.05, 0) is 75.2 Å². The minimum absolute atomic E-state index is 0.0139. The molecule has 4 aromatic rings. The van der Waals surface area contributed by atoms with Gasteiger partial charge in [-0.25, -0.2) is 4.98 Å². The van der Waals surface area contributed by atoms with Gasteiger partial charge in [-0.2, -0.15) is 5.26 Å². The van der Waals surface area contributed by atoms with Gasteiger partial charge < -0.3 is 45.4 Å². The fourth-order valence-electron chi connectivity index (χ4n) is 10.3. The number of β-amino-alcohol motifs (C(OH)–C–C–N with tert-alkyl or cyclic N) is 1. The van der Waals surface area contributed by atoms with E-state index in [4.69, 9.17) is 21.1 Å². The molecule has 0 radical (unpaired) electrons. The Kier molecular flexibility index (Phi) is 16.0. The number of nitrogens with zero attached hydrogens (tertiary/aromatic N) is 5. The summed E-state index contributed by atoms with van der Waals surface area (Å²) in [5.41, 5.74) is 4.11. The number of nitrogens with one attached hydrogen (secondary N) is 3. The number of ether oxygens (including phenoxy) is 2. The SMILES string of the molecule is Cc1ncsc1-c1ccc([C@H](C)NC(=O)[C@@H]2C[C@@H](O)CN2C(=O)C(NC(=O)COCCN2CCN(c3ccc(C(=O)NC4C(C)(C)C(Oc5ccc(C#N)c(Cl)c5)C4(C)C)cc3)CC2)C(C)(C)O)cc1. The van der Waals surface area contributed by atoms with Crippen molar-refractivity contribution in [2.45, 2.75) is 104 Å². The van der Waals surface area contributed by atoms with Gasteiger partial charge in [0, 0.05) is 79.9 Å². The van der Waals surface area contributed by atoms with Gasteiger partial charge in [0.25, 0.3) is 5.91 Å². The second-order valence-electron chi connectivity index (χ2n) is 20.4. The van der Waals surface area contributed by atoms with Crippen LogP contribution in [-0.4, -0.2) is 137 Å². The lowest BCUT2D eigenvalue weighted by molar-refractivity contribution is -0.164. The van der Waals surface area contributed by atoms with E-state index in [9.17, 15) is 34.7 Å². The largest absolute Gasteiger partial charge is 0.489 e. The monoisotopic (exact) mass is 996 g/mol. The van der Waals surface area contributed by atoms with E-state index >= 15 is 0 Å². The van der Waals surface area contributed by atoms with Gasteiger partial charge >= 0.3 is 0 Å². The lowest BCUT2D eigenvalue weighted by Crippen LogP contribution is -2.74. The van der Waals surface area contributed by atoms with Crippen LogP contribution in [0.5, 0.6) is 5.75 Å². The molecule has 0 bridgehead atoms. The summed E-state index contributed by atoms with van der Waals surface area (Å²) in [6.07, 6.45) is -1.16. The minimum atomic E-state index is -1.70. The normalized spacial score (nSPS) is 21.7. The molecule has 4 amide bonds. The maximum Gasteiger partial charge on any atom is 0.251 e. The Labute approximate surface area is 419 Å². The van der Waals surface area contributed by atoms with Crippen molar-refractivity contribution in [2.75, 3.05) is 57.4 Å². The van der Waals surface area contributed by atoms with Crippen LogP contribution in [0.4, 0.5) is 5.69 Å². The van der Waals surface area contributed by atoms with Gasteiger partial charge in [-0.3, -0.25) is 24.1 Å². The number of hydrogen-bond donors (Lipinski definition) is 5. The Bertz CT molecular complexity index is 2550. The summed E-state index contributed by atoms with van der Waals surface area (Å²) < 4.78 is 12.1. The molecule has 3 aromatic carbocycles. The summed E-state index contributed by atoms with van der Waals surface area (Å²) in [6.45, 7) is 18.3. The summed E-state index contributed by atoms with van der Waals surface area (Å²) >= 11 is 7.81. The molecule has 1 saturated carbocycles. The molecule has 7 rings (SSSR count). The van der Waals surface area contributed by atoms with Crippen molar-refractivity contribution >= 4 is 52.3 Å². The number of hydrogen-bond acceptors (Lipinski definition) is 13. The summed E-state index contributed by atoms with van der Waals surface area (Å²) in [5.74, 6) is -1.31. The highest BCUT2D eigenvalue weighted by atomic mass is 35.5. The molecule has 4 atom stereocenters. The number of benzene rings is 3. The Morgan fingerprint density at radius 1 is 0.986 bits per heavy atom. The molecule has 1 aromatic heterocycles. The van der Waals surface area contributed by atoms with Crippen LogP contribution < -0.4 is 25.6 Å². The summed E-state index contributed by atoms with van der Waals surface area (Å²) in [5, 5.41) is 40.1. The number of likely N-dealkylation sites (tertiary alicyclic amines) is 1. The summed E-state index contributed by atoms with van der Waals surface area (Å²) in [6, 6.07) is 19.6. The van der Waals surface area contributed by atoms with Gasteiger partial charge in [0.2, 0.25) is 17.7 Å². The van der Waals surface area contributed by atoms with Crippen LogP contribution in [0.25, 0.3) is 10.4 Å². The summed E-state index contributed by atoms with van der Waals surface area (Å²) in [4.78, 5) is 65.4. The Morgan fingerprint density at radius 2 is 1.66 bits per heavy atom. The van der Waals surface area contributed by atoms with Gasteiger partial charge in [0.1, 0.15) is 36.6 Å². The van der Waals surface area contributed by atoms with E-state index in [0.29, 0.717) is 28.4 Å². The number of aryl methyl sites for hydroxylation is 1. The Hall–Kier alpha value is -5.61. The highest BCUT2D eigenvalue weighted by molar-refractivity contribution is 7.13. The number of carbonyl (C=O) groups excluding carboxylic acids is 4. The van der Waals surface area contributed by atoms with Gasteiger partial charge in [-0.1, -0.05) is 63.6 Å². The minimum Gasteiger partial charge on any atom is -0.489 e. The number of thiazole rings is 1. The van der Waals surface area contributed by atoms with Crippen molar-refractivity contribution in [1.29, 1.82) is 5.26 Å². The van der Waals surface area contributed by atoms with Crippen molar-refractivity contribution in [3.63, 3.8) is 0 Å². The maximum absolute atomic E-state index is 14.0. The smallest absolute Gasteiger partial charge is 0.251 e. The van der Waals surface area contributed by atoms with E-state index in [0.717, 1.165) is 53.6 Å². The second kappa shape index (κ2) is 21.4. The molecular weight excluding hydrogens is 932 g/mol. The van der Waals surface area contributed by atoms with Crippen molar-refractivity contribution in [2.24, 2.45) is 10.8 Å². The van der Waals surface area contributed by atoms with Gasteiger partial charge in [-0.15, -0.1) is 11.3 Å². The number of aromatic nitrogens is 1. The van der Waals surface area contributed by atoms with Crippen LogP contribution in [-0.2, 0) is 19.1 Å². The first-order valence-corrected chi connectivity index (χ1v) is 25.0. The Balaban J connectivity index is 0.831. The number of anilines is 1. The number of rotatable bonds is 17. The molecule has 3 fully saturated rings. The first kappa shape index (κ1) is 52.2. The zero-order chi connectivity index (χ0) is 50.7. The quantitative estimate of drug-likeness (QED) is 0.0833. The van der Waals surface area contributed by atoms with E-state index in [-0.39, 0.29) is 55.1 Å². The number of carbonyl (C=O) groups is 4. The number of amides is 4. The fraction of sp³-hybridized carbons (Fsp3) is 0.500. The maximum atomic E-state index is 14.0. The van der Waals surface area contributed by atoms with Crippen LogP contribution in [0.1, 0.15) is 88.1 Å². The molecule has 2 aliphatic heterocycles. The van der Waals surface area contributed by atoms with Gasteiger partial charge in [0.05, 0.1) is 51.0 Å². The van der Waals surface area contributed by atoms with Crippen molar-refractivity contribution in [3.8, 4) is 22.3 Å². The lowest BCUT2D eigenvalue weighted by Gasteiger charge is -2.63. The molecule has 0 spiro atoms. The van der Waals surface area contributed by atoms with E-state index in [1.54, 1.807) is 35.0 Å². The average molecular weight is 998 g/mol. The standard InChI is InChI=1S/C52H65ClN8O8S/c1-31(33-9-11-34(12-10-33)43-32(2)55-30-70-43)56-46(65)41-25-38(62)28-61(41)47(66)44(52(7,8)67)57-42(63)29-68-24-23-59-19-21-60(22-20-59)37-16-13-35(14-17-37)45(64)58-48-50(3,4)49(51(48,5)6)69-39-18-15-36(27-54)40(53)26-39/h9-18,26,30-31,38,41,44,48-49,62,67H,19-25,28-29H2,1-8H3,(H,56,65)(H,57,63)(H,58,64)/t31-,38+,41-,44?,48?,49?/m0/s1. The van der Waals surface area contributed by atoms with Crippen LogP contribution in [0.2, 0.25) is 5.02 Å². The highest BCUT2D eigenvalue weighted by Crippen LogP contribution is 2.55. The van der Waals surface area contributed by atoms with Crippen molar-refractivity contribution in [3.05, 3.63) is 99.6 Å². The van der Waals surface area contributed by atoms with Crippen LogP contribution in [0.3, 0.4) is 0 Å². The third-order valence-corrected chi connectivity index (χ3v) is 15.3. The number of aliphatic hydroxyl groups is 2. The topological polar surface area (TPSA) is 210 Å². The van der Waals surface area contributed by atoms with E-state index in [2.05, 4.69) is 64.5 Å². The zero-order valence-corrected chi connectivity index (χ0v) is 42.7. The molecule has 18 heteroatoms. The van der Waals surface area contributed by atoms with Crippen LogP contribution >= 0.6 is 22.9 Å². The highest BCUT2D eigenvalue weighted by Gasteiger charge is 2.64. The molecular formula is C52H65ClN8O8S. The number of halogens is 1. The molecule has 3 aliphatic rings. The zero-order valence-electron chi connectivity index (χ0n) is 41.1. The van der Waals surface area contributed by atoms with Crippen molar-refractivity contribution in [1.82, 2.24) is 30.7 Å². The third-order valence-electron chi connectivity index (χ3n) is 14.0. The van der Waals surface area contributed by atoms with E-state index in [1.165, 1.54) is 18.7 Å². The Morgan fingerprint density at radius 3 is 2.26 bits per heavy atom. The molecule has 16 nitrogen and oxygen atoms in total. The molecule has 5 N–H and O–H groups in total. The fourth-order valence-corrected chi connectivity index (χ4v) is 11.4. The van der Waals surface area contributed by atoms with E-state index < -0.39 is 47.6 Å². The third kappa shape index (κ3) is 11.6. The number of aliphatic hydroxyl groups excluding tert-OH is 1. The van der Waals surface area contributed by atoms with Crippen LogP contribution in [0.15, 0.2) is 72.2 Å². The first-order valence-electron chi connectivity index (χ1n) is 23.7. The predicted molar refractivity (Wildman–Crippen MR) is 269 cm³/mol. The lowest BCUT2D eigenvalue weighted by atomic mass is 9.49. The summed E-state index contributed by atoms with van der Waals surface area (Å²) in [7, 11) is 0. The molecule has 374 valence electrons. The van der Waals surface area contributed by atoms with Crippen LogP contribution in [0, 0.1) is 29.1 Å². The molecule has 3 heterocycles. The van der Waals surface area contributed by atoms with Gasteiger partial charge in [0.15, 0.2) is 0 Å². The first-order chi connectivity index (χ1) is 33.1. The number of piperazine rings is 1. The molecule has 70 heavy (non-hydrogen) atoms.